The van der Waals surface area contributed by atoms with E-state index in [1.165, 1.54) is 24.0 Å². The summed E-state index contributed by atoms with van der Waals surface area (Å²) in [6, 6.07) is 3.71. The molecule has 1 aliphatic carbocycles. The quantitative estimate of drug-likeness (QED) is 0.816. The third-order valence-electron chi connectivity index (χ3n) is 2.51. The molecule has 0 amide bonds. The van der Waals surface area contributed by atoms with E-state index in [-0.39, 0.29) is 11.7 Å². The van der Waals surface area contributed by atoms with E-state index in [1.54, 1.807) is 4.57 Å². The summed E-state index contributed by atoms with van der Waals surface area (Å²) in [6.07, 6.45) is 3.50. The molecular weight excluding hydrogens is 252 g/mol. The predicted octanol–water partition coefficient (Wildman–Crippen LogP) is 0.719. The van der Waals surface area contributed by atoms with Gasteiger partial charge in [0.2, 0.25) is 0 Å². The van der Waals surface area contributed by atoms with Gasteiger partial charge >= 0.3 is 5.69 Å². The molecular formula is C10H8N6OS. The fourth-order valence-corrected chi connectivity index (χ4v) is 2.39. The van der Waals surface area contributed by atoms with Crippen LogP contribution in [0.15, 0.2) is 27.4 Å². The van der Waals surface area contributed by atoms with Crippen molar-refractivity contribution in [1.29, 1.82) is 5.26 Å². The average molecular weight is 260 g/mol. The van der Waals surface area contributed by atoms with Crippen molar-refractivity contribution < 1.29 is 0 Å². The van der Waals surface area contributed by atoms with Gasteiger partial charge in [-0.15, -0.1) is 5.10 Å². The van der Waals surface area contributed by atoms with Gasteiger partial charge in [-0.3, -0.25) is 4.57 Å². The molecule has 0 bridgehead atoms. The Morgan fingerprint density at radius 2 is 2.39 bits per heavy atom. The van der Waals surface area contributed by atoms with Crippen LogP contribution in [-0.2, 0) is 0 Å². The fourth-order valence-electron chi connectivity index (χ4n) is 1.55. The van der Waals surface area contributed by atoms with Crippen molar-refractivity contribution in [3.63, 3.8) is 0 Å². The summed E-state index contributed by atoms with van der Waals surface area (Å²) in [5.74, 6) is 0. The Morgan fingerprint density at radius 1 is 1.56 bits per heavy atom. The normalized spacial score (nSPS) is 14.4. The molecule has 0 saturated heterocycles. The predicted molar refractivity (Wildman–Crippen MR) is 62.0 cm³/mol. The van der Waals surface area contributed by atoms with E-state index in [2.05, 4.69) is 20.2 Å². The maximum absolute atomic E-state index is 11.6. The molecule has 7 nitrogen and oxygen atoms in total. The standard InChI is InChI=1S/C10H8N6OS/c11-5-6-3-4-12-8(13-6)18-10-15-14-9(17)16(10)7-1-2-7/h3-4,7H,1-2H2,(H,14,17). The van der Waals surface area contributed by atoms with Crippen molar-refractivity contribution in [3.8, 4) is 6.07 Å². The van der Waals surface area contributed by atoms with Crippen LogP contribution in [0.5, 0.6) is 0 Å². The second-order valence-electron chi connectivity index (χ2n) is 3.85. The molecule has 0 radical (unpaired) electrons. The van der Waals surface area contributed by atoms with Crippen LogP contribution in [0.2, 0.25) is 0 Å². The number of nitriles is 1. The Hall–Kier alpha value is -2.14. The van der Waals surface area contributed by atoms with Crippen molar-refractivity contribution in [2.75, 3.05) is 0 Å². The molecule has 18 heavy (non-hydrogen) atoms. The summed E-state index contributed by atoms with van der Waals surface area (Å²) in [4.78, 5) is 19.7. The number of aromatic amines is 1. The van der Waals surface area contributed by atoms with Gasteiger partial charge < -0.3 is 0 Å². The zero-order chi connectivity index (χ0) is 12.5. The fraction of sp³-hybridized carbons (Fsp3) is 0.300. The lowest BCUT2D eigenvalue weighted by Crippen LogP contribution is -2.16. The minimum atomic E-state index is -0.212. The first kappa shape index (κ1) is 11.0. The highest BCUT2D eigenvalue weighted by molar-refractivity contribution is 7.99. The molecule has 0 aliphatic heterocycles. The Kier molecular flexibility index (Phi) is 2.60. The third-order valence-corrected chi connectivity index (χ3v) is 3.36. The second-order valence-corrected chi connectivity index (χ2v) is 4.79. The third kappa shape index (κ3) is 2.00. The molecule has 0 aromatic carbocycles. The van der Waals surface area contributed by atoms with E-state index in [0.717, 1.165) is 12.8 Å². The summed E-state index contributed by atoms with van der Waals surface area (Å²) >= 11 is 1.18. The van der Waals surface area contributed by atoms with Crippen LogP contribution in [0.25, 0.3) is 0 Å². The molecule has 1 fully saturated rings. The summed E-state index contributed by atoms with van der Waals surface area (Å²) in [7, 11) is 0. The minimum absolute atomic E-state index is 0.212. The molecule has 90 valence electrons. The maximum atomic E-state index is 11.6. The molecule has 3 rings (SSSR count). The molecule has 2 aromatic rings. The van der Waals surface area contributed by atoms with Gasteiger partial charge in [-0.1, -0.05) is 0 Å². The van der Waals surface area contributed by atoms with Crippen LogP contribution in [0, 0.1) is 11.3 Å². The first-order valence-electron chi connectivity index (χ1n) is 5.36. The largest absolute Gasteiger partial charge is 0.344 e. The highest BCUT2D eigenvalue weighted by Gasteiger charge is 2.29. The highest BCUT2D eigenvalue weighted by Crippen LogP contribution is 2.36. The summed E-state index contributed by atoms with van der Waals surface area (Å²) < 4.78 is 1.62. The van der Waals surface area contributed by atoms with Gasteiger partial charge in [-0.2, -0.15) is 5.26 Å². The van der Waals surface area contributed by atoms with Gasteiger partial charge in [0.05, 0.1) is 0 Å². The SMILES string of the molecule is N#Cc1ccnc(Sc2n[nH]c(=O)n2C2CC2)n1. The number of nitrogens with one attached hydrogen (secondary N) is 1. The zero-order valence-corrected chi connectivity index (χ0v) is 10.0. The molecule has 0 atom stereocenters. The average Bonchev–Trinajstić information content (AvgIpc) is 3.15. The van der Waals surface area contributed by atoms with E-state index >= 15 is 0 Å². The Labute approximate surface area is 106 Å². The number of H-pyrrole nitrogens is 1. The lowest BCUT2D eigenvalue weighted by Gasteiger charge is -2.01. The van der Waals surface area contributed by atoms with E-state index in [1.807, 2.05) is 6.07 Å². The van der Waals surface area contributed by atoms with Crippen LogP contribution in [0.1, 0.15) is 24.6 Å². The maximum Gasteiger partial charge on any atom is 0.344 e. The van der Waals surface area contributed by atoms with Gasteiger partial charge in [0.25, 0.3) is 0 Å². The lowest BCUT2D eigenvalue weighted by molar-refractivity contribution is 0.641. The number of rotatable bonds is 3. The second kappa shape index (κ2) is 4.27. The zero-order valence-electron chi connectivity index (χ0n) is 9.20. The van der Waals surface area contributed by atoms with Crippen molar-refractivity contribution in [1.82, 2.24) is 24.7 Å². The highest BCUT2D eigenvalue weighted by atomic mass is 32.2. The van der Waals surface area contributed by atoms with Crippen LogP contribution >= 0.6 is 11.8 Å². The van der Waals surface area contributed by atoms with Crippen molar-refractivity contribution in [3.05, 3.63) is 28.4 Å². The first-order chi connectivity index (χ1) is 8.78. The Morgan fingerprint density at radius 3 is 3.11 bits per heavy atom. The van der Waals surface area contributed by atoms with Gasteiger partial charge in [-0.05, 0) is 30.7 Å². The van der Waals surface area contributed by atoms with Gasteiger partial charge in [0.15, 0.2) is 10.3 Å². The van der Waals surface area contributed by atoms with Gasteiger partial charge in [0, 0.05) is 12.2 Å². The van der Waals surface area contributed by atoms with Crippen molar-refractivity contribution in [2.45, 2.75) is 29.2 Å². The van der Waals surface area contributed by atoms with E-state index in [9.17, 15) is 4.79 Å². The molecule has 1 saturated carbocycles. The van der Waals surface area contributed by atoms with Crippen molar-refractivity contribution >= 4 is 11.8 Å². The van der Waals surface area contributed by atoms with Crippen LogP contribution in [0.4, 0.5) is 0 Å². The van der Waals surface area contributed by atoms with E-state index in [4.69, 9.17) is 5.26 Å². The number of aromatic nitrogens is 5. The van der Waals surface area contributed by atoms with E-state index < -0.39 is 0 Å². The Bertz CT molecular complexity index is 680. The number of hydrogen-bond acceptors (Lipinski definition) is 6. The monoisotopic (exact) mass is 260 g/mol. The molecule has 0 spiro atoms. The minimum Gasteiger partial charge on any atom is -0.267 e. The lowest BCUT2D eigenvalue weighted by atomic mass is 10.5. The molecule has 2 aromatic heterocycles. The number of hydrogen-bond donors (Lipinski definition) is 1. The molecule has 1 N–H and O–H groups in total. The Balaban J connectivity index is 1.92. The number of nitrogens with zero attached hydrogens (tertiary/aromatic N) is 5. The van der Waals surface area contributed by atoms with Crippen LogP contribution < -0.4 is 5.69 Å². The first-order valence-corrected chi connectivity index (χ1v) is 6.17. The summed E-state index contributed by atoms with van der Waals surface area (Å²) in [5, 5.41) is 16.1. The molecule has 8 heteroatoms. The van der Waals surface area contributed by atoms with Crippen LogP contribution in [-0.4, -0.2) is 24.7 Å². The van der Waals surface area contributed by atoms with E-state index in [0.29, 0.717) is 16.0 Å². The molecule has 0 unspecified atom stereocenters. The smallest absolute Gasteiger partial charge is 0.267 e. The topological polar surface area (TPSA) is 100 Å². The summed E-state index contributed by atoms with van der Waals surface area (Å²) in [6.45, 7) is 0. The molecule has 2 heterocycles. The summed E-state index contributed by atoms with van der Waals surface area (Å²) in [5.41, 5.74) is 0.0831. The van der Waals surface area contributed by atoms with Crippen LogP contribution in [0.3, 0.4) is 0 Å². The van der Waals surface area contributed by atoms with Crippen molar-refractivity contribution in [2.24, 2.45) is 0 Å². The van der Waals surface area contributed by atoms with Gasteiger partial charge in [0.1, 0.15) is 11.8 Å². The van der Waals surface area contributed by atoms with Gasteiger partial charge in [-0.25, -0.2) is 19.9 Å². The molecule has 1 aliphatic rings.